The Hall–Kier alpha value is -2.10. The van der Waals surface area contributed by atoms with E-state index in [-0.39, 0.29) is 11.8 Å². The maximum absolute atomic E-state index is 11.8. The van der Waals surface area contributed by atoms with E-state index in [1.807, 2.05) is 6.08 Å². The van der Waals surface area contributed by atoms with E-state index in [4.69, 9.17) is 4.74 Å². The summed E-state index contributed by atoms with van der Waals surface area (Å²) in [5, 5.41) is 0. The molecule has 1 aliphatic rings. The van der Waals surface area contributed by atoms with Crippen LogP contribution in [0.25, 0.3) is 0 Å². The second-order valence-electron chi connectivity index (χ2n) is 4.17. The summed E-state index contributed by atoms with van der Waals surface area (Å²) in [6.45, 7) is 7.65. The summed E-state index contributed by atoms with van der Waals surface area (Å²) in [6.07, 6.45) is 8.92. The van der Waals surface area contributed by atoms with Gasteiger partial charge in [-0.05, 0) is 5.57 Å². The first-order valence-corrected chi connectivity index (χ1v) is 6.12. The molecule has 0 spiro atoms. The predicted octanol–water partition coefficient (Wildman–Crippen LogP) is 2.64. The summed E-state index contributed by atoms with van der Waals surface area (Å²) < 4.78 is 4.77. The molecule has 102 valence electrons. The highest BCUT2D eigenvalue weighted by molar-refractivity contribution is 5.83. The number of hydrogen-bond donors (Lipinski definition) is 0. The first kappa shape index (κ1) is 15.0. The first-order chi connectivity index (χ1) is 9.13. The van der Waals surface area contributed by atoms with Gasteiger partial charge in [-0.2, -0.15) is 0 Å². The summed E-state index contributed by atoms with van der Waals surface area (Å²) in [7, 11) is 1.34. The lowest BCUT2D eigenvalue weighted by Gasteiger charge is -2.34. The van der Waals surface area contributed by atoms with Crippen LogP contribution in [-0.2, 0) is 9.53 Å². The molecule has 0 aliphatic carbocycles. The summed E-state index contributed by atoms with van der Waals surface area (Å²) in [4.78, 5) is 25.0. The molecule has 1 fully saturated rings. The Kier molecular flexibility index (Phi) is 5.79. The van der Waals surface area contributed by atoms with Gasteiger partial charge >= 0.3 is 6.09 Å². The van der Waals surface area contributed by atoms with Crippen molar-refractivity contribution in [2.24, 2.45) is 0 Å². The zero-order valence-electron chi connectivity index (χ0n) is 11.2. The Morgan fingerprint density at radius 3 is 2.74 bits per heavy atom. The lowest BCUT2D eigenvalue weighted by atomic mass is 9.94. The maximum Gasteiger partial charge on any atom is 0.410 e. The fourth-order valence-electron chi connectivity index (χ4n) is 2.06. The molecule has 1 heterocycles. The molecule has 1 aliphatic heterocycles. The van der Waals surface area contributed by atoms with Gasteiger partial charge in [0.2, 0.25) is 0 Å². The second-order valence-corrected chi connectivity index (χ2v) is 4.17. The molecule has 4 nitrogen and oxygen atoms in total. The smallest absolute Gasteiger partial charge is 0.410 e. The lowest BCUT2D eigenvalue weighted by molar-refractivity contribution is -0.122. The van der Waals surface area contributed by atoms with Gasteiger partial charge in [0.25, 0.3) is 0 Å². The van der Waals surface area contributed by atoms with E-state index >= 15 is 0 Å². The van der Waals surface area contributed by atoms with E-state index in [0.717, 1.165) is 5.57 Å². The van der Waals surface area contributed by atoms with Crippen LogP contribution in [0.3, 0.4) is 0 Å². The molecule has 19 heavy (non-hydrogen) atoms. The van der Waals surface area contributed by atoms with Crippen LogP contribution in [0.1, 0.15) is 12.8 Å². The number of piperidine rings is 1. The van der Waals surface area contributed by atoms with Gasteiger partial charge in [0.05, 0.1) is 13.2 Å². The Morgan fingerprint density at radius 2 is 2.16 bits per heavy atom. The van der Waals surface area contributed by atoms with Crippen molar-refractivity contribution in [1.29, 1.82) is 0 Å². The second kappa shape index (κ2) is 7.36. The van der Waals surface area contributed by atoms with E-state index in [0.29, 0.717) is 19.4 Å². The van der Waals surface area contributed by atoms with Crippen LogP contribution in [0.4, 0.5) is 4.79 Å². The fraction of sp³-hybridized carbons (Fsp3) is 0.333. The number of carbonyl (C=O) groups excluding carboxylic acids is 2. The number of ether oxygens (including phenoxy) is 1. The number of amides is 1. The monoisotopic (exact) mass is 261 g/mol. The molecule has 1 saturated heterocycles. The number of likely N-dealkylation sites (tertiary alicyclic amines) is 1. The van der Waals surface area contributed by atoms with Crippen LogP contribution in [0, 0.1) is 0 Å². The van der Waals surface area contributed by atoms with Gasteiger partial charge in [0.1, 0.15) is 5.78 Å². The number of Topliss-reactive ketones (excluding diaryl/α,β-unsaturated/α-hetero) is 1. The van der Waals surface area contributed by atoms with Crippen LogP contribution < -0.4 is 0 Å². The van der Waals surface area contributed by atoms with Gasteiger partial charge in [0.15, 0.2) is 0 Å². The van der Waals surface area contributed by atoms with E-state index in [1.165, 1.54) is 7.11 Å². The summed E-state index contributed by atoms with van der Waals surface area (Å²) in [5.74, 6) is 0.145. The highest BCUT2D eigenvalue weighted by Gasteiger charge is 2.32. The van der Waals surface area contributed by atoms with E-state index in [9.17, 15) is 9.59 Å². The number of rotatable bonds is 4. The van der Waals surface area contributed by atoms with E-state index < -0.39 is 6.09 Å². The molecule has 1 atom stereocenters. The van der Waals surface area contributed by atoms with Gasteiger partial charge in [-0.3, -0.25) is 4.79 Å². The van der Waals surface area contributed by atoms with Gasteiger partial charge in [-0.25, -0.2) is 4.79 Å². The molecule has 1 rings (SSSR count). The molecule has 0 bridgehead atoms. The highest BCUT2D eigenvalue weighted by atomic mass is 16.5. The van der Waals surface area contributed by atoms with Crippen molar-refractivity contribution in [2.45, 2.75) is 18.9 Å². The van der Waals surface area contributed by atoms with Crippen molar-refractivity contribution >= 4 is 11.9 Å². The molecular weight excluding hydrogens is 242 g/mol. The average molecular weight is 261 g/mol. The number of nitrogens with zero attached hydrogens (tertiary/aromatic N) is 1. The number of allylic oxidation sites excluding steroid dienone is 4. The Bertz CT molecular complexity index is 435. The number of methoxy groups -OCH3 is 1. The zero-order valence-corrected chi connectivity index (χ0v) is 11.2. The van der Waals surface area contributed by atoms with Gasteiger partial charge in [-0.15, -0.1) is 0 Å². The van der Waals surface area contributed by atoms with Crippen LogP contribution in [0.2, 0.25) is 0 Å². The van der Waals surface area contributed by atoms with E-state index in [1.54, 1.807) is 29.2 Å². The zero-order chi connectivity index (χ0) is 14.3. The van der Waals surface area contributed by atoms with Crippen LogP contribution in [0.5, 0.6) is 0 Å². The Morgan fingerprint density at radius 1 is 1.42 bits per heavy atom. The minimum atomic E-state index is -0.417. The standard InChI is InChI=1S/C15H19NO3/c1-4-6-8-12(7-5-2)14-11-13(17)9-10-16(14)15(18)19-3/h4-8,14H,1-2,9-11H2,3H3/b8-6-,12-7+. The molecule has 4 heteroatoms. The quantitative estimate of drug-likeness (QED) is 0.731. The molecule has 0 aromatic carbocycles. The third-order valence-corrected chi connectivity index (χ3v) is 2.96. The van der Waals surface area contributed by atoms with Crippen LogP contribution in [0.15, 0.2) is 49.1 Å². The van der Waals surface area contributed by atoms with Gasteiger partial charge < -0.3 is 9.64 Å². The van der Waals surface area contributed by atoms with Crippen molar-refractivity contribution in [2.75, 3.05) is 13.7 Å². The topological polar surface area (TPSA) is 46.6 Å². The van der Waals surface area contributed by atoms with Crippen LogP contribution >= 0.6 is 0 Å². The van der Waals surface area contributed by atoms with Crippen molar-refractivity contribution in [1.82, 2.24) is 4.90 Å². The lowest BCUT2D eigenvalue weighted by Crippen LogP contribution is -2.47. The normalized spacial score (nSPS) is 20.5. The summed E-state index contributed by atoms with van der Waals surface area (Å²) in [5.41, 5.74) is 0.841. The third kappa shape index (κ3) is 3.95. The molecular formula is C15H19NO3. The number of ketones is 1. The van der Waals surface area contributed by atoms with Crippen molar-refractivity contribution in [3.05, 3.63) is 49.1 Å². The molecule has 0 N–H and O–H groups in total. The fourth-order valence-corrected chi connectivity index (χ4v) is 2.06. The molecule has 1 unspecified atom stereocenters. The predicted molar refractivity (Wildman–Crippen MR) is 74.8 cm³/mol. The Balaban J connectivity index is 3.05. The molecule has 0 radical (unpaired) electrons. The summed E-state index contributed by atoms with van der Waals surface area (Å²) >= 11 is 0. The van der Waals surface area contributed by atoms with Gasteiger partial charge in [0, 0.05) is 19.4 Å². The minimum Gasteiger partial charge on any atom is -0.453 e. The molecule has 0 aromatic rings. The van der Waals surface area contributed by atoms with Gasteiger partial charge in [-0.1, -0.05) is 43.5 Å². The maximum atomic E-state index is 11.8. The average Bonchev–Trinajstić information content (AvgIpc) is 2.42. The largest absolute Gasteiger partial charge is 0.453 e. The molecule has 1 amide bonds. The first-order valence-electron chi connectivity index (χ1n) is 6.12. The molecule has 0 aromatic heterocycles. The van der Waals surface area contributed by atoms with Crippen molar-refractivity contribution < 1.29 is 14.3 Å². The minimum absolute atomic E-state index is 0.145. The van der Waals surface area contributed by atoms with Crippen LogP contribution in [-0.4, -0.2) is 36.5 Å². The van der Waals surface area contributed by atoms with Crippen molar-refractivity contribution in [3.63, 3.8) is 0 Å². The number of hydrogen-bond acceptors (Lipinski definition) is 3. The highest BCUT2D eigenvalue weighted by Crippen LogP contribution is 2.23. The SMILES string of the molecule is C=C/C=C\C(=C/C=C)C1CC(=O)CCN1C(=O)OC. The number of carbonyl (C=O) groups is 2. The summed E-state index contributed by atoms with van der Waals surface area (Å²) in [6, 6.07) is -0.303. The molecule has 0 saturated carbocycles. The third-order valence-electron chi connectivity index (χ3n) is 2.96. The van der Waals surface area contributed by atoms with E-state index in [2.05, 4.69) is 13.2 Å². The van der Waals surface area contributed by atoms with Crippen molar-refractivity contribution in [3.8, 4) is 0 Å². The Labute approximate surface area is 113 Å².